The molecule has 0 aliphatic rings. The van der Waals surface area contributed by atoms with Gasteiger partial charge >= 0.3 is 5.97 Å². The van der Waals surface area contributed by atoms with Gasteiger partial charge in [-0.2, -0.15) is 0 Å². The number of aliphatic imine (C=N–C) groups is 1. The van der Waals surface area contributed by atoms with Gasteiger partial charge in [0.25, 0.3) is 0 Å². The molecule has 0 aromatic heterocycles. The average molecular weight is 213 g/mol. The third-order valence-electron chi connectivity index (χ3n) is 2.29. The Morgan fingerprint density at radius 2 is 2.13 bits per heavy atom. The molecule has 0 bridgehead atoms. The summed E-state index contributed by atoms with van der Waals surface area (Å²) in [5, 5.41) is 0. The number of ether oxygens (including phenoxy) is 1. The molecule has 0 radical (unpaired) electrons. The lowest BCUT2D eigenvalue weighted by Gasteiger charge is -2.07. The van der Waals surface area contributed by atoms with Crippen molar-refractivity contribution in [3.05, 3.63) is 0 Å². The molecule has 0 aromatic rings. The third-order valence-corrected chi connectivity index (χ3v) is 2.29. The highest BCUT2D eigenvalue weighted by molar-refractivity contribution is 5.74. The fraction of sp³-hybridized carbons (Fsp3) is 0.833. The Kier molecular flexibility index (Phi) is 9.13. The molecule has 0 N–H and O–H groups in total. The number of hydrogen-bond donors (Lipinski definition) is 0. The topological polar surface area (TPSA) is 38.7 Å². The molecule has 0 spiro atoms. The summed E-state index contributed by atoms with van der Waals surface area (Å²) in [5.41, 5.74) is 0. The van der Waals surface area contributed by atoms with Gasteiger partial charge in [-0.3, -0.25) is 9.79 Å². The fourth-order valence-corrected chi connectivity index (χ4v) is 1.33. The monoisotopic (exact) mass is 213 g/mol. The Bertz CT molecular complexity index is 190. The van der Waals surface area contributed by atoms with Gasteiger partial charge in [0.2, 0.25) is 0 Å². The van der Waals surface area contributed by atoms with Crippen LogP contribution in [0.15, 0.2) is 4.99 Å². The van der Waals surface area contributed by atoms with Crippen LogP contribution in [0.1, 0.15) is 46.5 Å². The molecule has 3 heteroatoms. The second-order valence-corrected chi connectivity index (χ2v) is 3.61. The molecule has 0 heterocycles. The van der Waals surface area contributed by atoms with Gasteiger partial charge in [0.05, 0.1) is 6.61 Å². The van der Waals surface area contributed by atoms with E-state index in [0.717, 1.165) is 6.42 Å². The zero-order valence-electron chi connectivity index (χ0n) is 10.2. The summed E-state index contributed by atoms with van der Waals surface area (Å²) in [7, 11) is 0. The molecule has 0 fully saturated rings. The second-order valence-electron chi connectivity index (χ2n) is 3.61. The number of esters is 1. The van der Waals surface area contributed by atoms with E-state index in [1.807, 2.05) is 6.21 Å². The van der Waals surface area contributed by atoms with Crippen molar-refractivity contribution in [1.82, 2.24) is 0 Å². The number of hydrogen-bond acceptors (Lipinski definition) is 3. The van der Waals surface area contributed by atoms with E-state index in [4.69, 9.17) is 4.74 Å². The number of rotatable bonds is 8. The highest BCUT2D eigenvalue weighted by Crippen LogP contribution is 2.09. The van der Waals surface area contributed by atoms with Crippen molar-refractivity contribution >= 4 is 12.2 Å². The van der Waals surface area contributed by atoms with Gasteiger partial charge in [0, 0.05) is 6.21 Å². The van der Waals surface area contributed by atoms with E-state index in [2.05, 4.69) is 18.8 Å². The standard InChI is InChI=1S/C12H23NO2/c1-4-7-8-11(5-2)9-13-10-12(14)15-6-3/h9,11H,4-8,10H2,1-3H3. The van der Waals surface area contributed by atoms with Gasteiger partial charge in [-0.05, 0) is 25.7 Å². The van der Waals surface area contributed by atoms with E-state index in [9.17, 15) is 4.79 Å². The molecule has 1 atom stereocenters. The van der Waals surface area contributed by atoms with Gasteiger partial charge in [-0.1, -0.05) is 26.7 Å². The Morgan fingerprint density at radius 3 is 2.67 bits per heavy atom. The number of nitrogens with zero attached hydrogens (tertiary/aromatic N) is 1. The molecule has 0 aromatic carbocycles. The summed E-state index contributed by atoms with van der Waals surface area (Å²) in [6.07, 6.45) is 6.60. The van der Waals surface area contributed by atoms with Crippen LogP contribution in [0.2, 0.25) is 0 Å². The van der Waals surface area contributed by atoms with Gasteiger partial charge in [-0.15, -0.1) is 0 Å². The molecule has 0 saturated heterocycles. The highest BCUT2D eigenvalue weighted by atomic mass is 16.5. The lowest BCUT2D eigenvalue weighted by molar-refractivity contribution is -0.141. The lowest BCUT2D eigenvalue weighted by atomic mass is 10.0. The molecule has 88 valence electrons. The minimum Gasteiger partial charge on any atom is -0.465 e. The van der Waals surface area contributed by atoms with Gasteiger partial charge < -0.3 is 4.74 Å². The van der Waals surface area contributed by atoms with Crippen molar-refractivity contribution in [2.24, 2.45) is 10.9 Å². The predicted molar refractivity (Wildman–Crippen MR) is 63.3 cm³/mol. The molecule has 15 heavy (non-hydrogen) atoms. The Labute approximate surface area is 92.9 Å². The SMILES string of the molecule is CCCCC(C=NCC(=O)OCC)CC. The summed E-state index contributed by atoms with van der Waals surface area (Å²) < 4.78 is 4.79. The van der Waals surface area contributed by atoms with Crippen molar-refractivity contribution < 1.29 is 9.53 Å². The first-order valence-electron chi connectivity index (χ1n) is 5.90. The molecule has 0 aliphatic carbocycles. The first-order chi connectivity index (χ1) is 7.24. The maximum atomic E-state index is 11.0. The number of carbonyl (C=O) groups is 1. The second kappa shape index (κ2) is 9.69. The van der Waals surface area contributed by atoms with Crippen LogP contribution in [0.25, 0.3) is 0 Å². The van der Waals surface area contributed by atoms with Crippen LogP contribution in [0.5, 0.6) is 0 Å². The van der Waals surface area contributed by atoms with Crippen molar-refractivity contribution in [3.8, 4) is 0 Å². The van der Waals surface area contributed by atoms with Crippen molar-refractivity contribution in [3.63, 3.8) is 0 Å². The molecule has 0 amide bonds. The number of carbonyl (C=O) groups excluding carboxylic acids is 1. The molecular formula is C12H23NO2. The quantitative estimate of drug-likeness (QED) is 0.459. The maximum Gasteiger partial charge on any atom is 0.327 e. The molecule has 0 saturated carbocycles. The summed E-state index contributed by atoms with van der Waals surface area (Å²) in [6, 6.07) is 0. The molecule has 0 rings (SSSR count). The average Bonchev–Trinajstić information content (AvgIpc) is 2.23. The lowest BCUT2D eigenvalue weighted by Crippen LogP contribution is -2.09. The normalized spacial score (nSPS) is 13.0. The third kappa shape index (κ3) is 8.16. The zero-order valence-corrected chi connectivity index (χ0v) is 10.2. The van der Waals surface area contributed by atoms with Gasteiger partial charge in [0.15, 0.2) is 0 Å². The van der Waals surface area contributed by atoms with E-state index >= 15 is 0 Å². The van der Waals surface area contributed by atoms with Crippen LogP contribution in [0.3, 0.4) is 0 Å². The van der Waals surface area contributed by atoms with E-state index in [0.29, 0.717) is 12.5 Å². The first-order valence-corrected chi connectivity index (χ1v) is 5.90. The minimum atomic E-state index is -0.237. The van der Waals surface area contributed by atoms with Crippen LogP contribution in [0, 0.1) is 5.92 Å². The van der Waals surface area contributed by atoms with Crippen LogP contribution in [0.4, 0.5) is 0 Å². The Morgan fingerprint density at radius 1 is 1.40 bits per heavy atom. The van der Waals surface area contributed by atoms with E-state index in [1.54, 1.807) is 6.92 Å². The van der Waals surface area contributed by atoms with Crippen molar-refractivity contribution in [2.75, 3.05) is 13.2 Å². The summed E-state index contributed by atoms with van der Waals surface area (Å²) in [4.78, 5) is 15.1. The maximum absolute atomic E-state index is 11.0. The van der Waals surface area contributed by atoms with E-state index in [1.165, 1.54) is 19.3 Å². The smallest absolute Gasteiger partial charge is 0.327 e. The zero-order chi connectivity index (χ0) is 11.5. The summed E-state index contributed by atoms with van der Waals surface area (Å²) >= 11 is 0. The van der Waals surface area contributed by atoms with Crippen LogP contribution in [-0.4, -0.2) is 25.3 Å². The van der Waals surface area contributed by atoms with Crippen LogP contribution >= 0.6 is 0 Å². The van der Waals surface area contributed by atoms with Gasteiger partial charge in [-0.25, -0.2) is 0 Å². The predicted octanol–water partition coefficient (Wildman–Crippen LogP) is 2.84. The highest BCUT2D eigenvalue weighted by Gasteiger charge is 2.02. The molecule has 1 unspecified atom stereocenters. The molecule has 3 nitrogen and oxygen atoms in total. The van der Waals surface area contributed by atoms with E-state index in [-0.39, 0.29) is 12.5 Å². The van der Waals surface area contributed by atoms with Gasteiger partial charge in [0.1, 0.15) is 6.54 Å². The minimum absolute atomic E-state index is 0.163. The van der Waals surface area contributed by atoms with Crippen molar-refractivity contribution in [1.29, 1.82) is 0 Å². The summed E-state index contributed by atoms with van der Waals surface area (Å²) in [5.74, 6) is 0.276. The van der Waals surface area contributed by atoms with Crippen molar-refractivity contribution in [2.45, 2.75) is 46.5 Å². The summed E-state index contributed by atoms with van der Waals surface area (Å²) in [6.45, 7) is 6.73. The Hall–Kier alpha value is -0.860. The Balaban J connectivity index is 3.74. The molecular weight excluding hydrogens is 190 g/mol. The first kappa shape index (κ1) is 14.1. The number of unbranched alkanes of at least 4 members (excludes halogenated alkanes) is 1. The van der Waals surface area contributed by atoms with Crippen LogP contribution in [-0.2, 0) is 9.53 Å². The molecule has 0 aliphatic heterocycles. The largest absolute Gasteiger partial charge is 0.465 e. The fourth-order valence-electron chi connectivity index (χ4n) is 1.33. The van der Waals surface area contributed by atoms with E-state index < -0.39 is 0 Å². The van der Waals surface area contributed by atoms with Crippen LogP contribution < -0.4 is 0 Å².